The maximum Gasteiger partial charge on any atom is 0.219 e. The van der Waals surface area contributed by atoms with Crippen LogP contribution < -0.4 is 16.0 Å². The molecule has 1 heterocycles. The average Bonchev–Trinajstić information content (AvgIpc) is 2.64. The minimum absolute atomic E-state index is 0.0451. The first kappa shape index (κ1) is 20.2. The Morgan fingerprint density at radius 1 is 1.30 bits per heavy atom. The van der Waals surface area contributed by atoms with Crippen LogP contribution in [0.3, 0.4) is 0 Å². The average molecular weight is 372 g/mol. The number of carbonyl (C=O) groups is 1. The van der Waals surface area contributed by atoms with Crippen LogP contribution in [-0.4, -0.2) is 50.0 Å². The van der Waals surface area contributed by atoms with Gasteiger partial charge >= 0.3 is 0 Å². The Morgan fingerprint density at radius 2 is 2.04 bits per heavy atom. The van der Waals surface area contributed by atoms with Crippen LogP contribution in [0.25, 0.3) is 5.57 Å². The summed E-state index contributed by atoms with van der Waals surface area (Å²) in [4.78, 5) is 13.4. The molecule has 0 spiro atoms. The van der Waals surface area contributed by atoms with Crippen molar-refractivity contribution >= 4 is 29.2 Å². The quantitative estimate of drug-likeness (QED) is 0.390. The molecule has 0 atom stereocenters. The number of benzene rings is 1. The molecule has 5 N–H and O–H groups in total. The number of hydrogen-bond donors (Lipinski definition) is 5. The number of nitrogens with one attached hydrogen (secondary N) is 5. The van der Waals surface area contributed by atoms with Gasteiger partial charge in [-0.2, -0.15) is 0 Å². The first-order chi connectivity index (χ1) is 12.9. The third kappa shape index (κ3) is 4.93. The Kier molecular flexibility index (Phi) is 6.70. The molecule has 1 amide bonds. The highest BCUT2D eigenvalue weighted by molar-refractivity contribution is 6.10. The van der Waals surface area contributed by atoms with Gasteiger partial charge in [0.25, 0.3) is 0 Å². The topological polar surface area (TPSA) is 104 Å². The van der Waals surface area contributed by atoms with Crippen molar-refractivity contribution in [3.63, 3.8) is 0 Å². The van der Waals surface area contributed by atoms with Gasteiger partial charge in [0, 0.05) is 68.9 Å². The zero-order valence-electron chi connectivity index (χ0n) is 15.7. The molecule has 8 heteroatoms. The molecule has 0 saturated heterocycles. The summed E-state index contributed by atoms with van der Waals surface area (Å²) < 4.78 is 14.1. The van der Waals surface area contributed by atoms with Gasteiger partial charge in [-0.05, 0) is 23.8 Å². The molecule has 0 fully saturated rings. The summed E-state index contributed by atoms with van der Waals surface area (Å²) in [6.07, 6.45) is 3.37. The van der Waals surface area contributed by atoms with Gasteiger partial charge in [0.15, 0.2) is 0 Å². The minimum atomic E-state index is -0.469. The van der Waals surface area contributed by atoms with Gasteiger partial charge in [0.2, 0.25) is 5.91 Å². The molecule has 0 radical (unpaired) electrons. The third-order valence-electron chi connectivity index (χ3n) is 4.35. The number of hydrogen-bond acceptors (Lipinski definition) is 5. The molecule has 1 aliphatic heterocycles. The fourth-order valence-electron chi connectivity index (χ4n) is 2.95. The van der Waals surface area contributed by atoms with Crippen molar-refractivity contribution in [2.24, 2.45) is 0 Å². The molecule has 0 unspecified atom stereocenters. The maximum absolute atomic E-state index is 14.1. The molecular formula is C19H25FN6O. The second-order valence-corrected chi connectivity index (χ2v) is 6.16. The number of amides is 1. The van der Waals surface area contributed by atoms with Crippen molar-refractivity contribution in [3.05, 3.63) is 47.0 Å². The molecule has 0 bridgehead atoms. The Hall–Kier alpha value is -3.16. The van der Waals surface area contributed by atoms with Gasteiger partial charge in [-0.25, -0.2) is 4.39 Å². The zero-order valence-corrected chi connectivity index (χ0v) is 15.7. The number of rotatable bonds is 6. The lowest BCUT2D eigenvalue weighted by Crippen LogP contribution is -2.40. The van der Waals surface area contributed by atoms with Crippen LogP contribution in [0.4, 0.5) is 10.1 Å². The lowest BCUT2D eigenvalue weighted by Gasteiger charge is -2.30. The summed E-state index contributed by atoms with van der Waals surface area (Å²) in [7, 11) is 3.48. The van der Waals surface area contributed by atoms with Crippen LogP contribution in [0, 0.1) is 16.6 Å². The highest BCUT2D eigenvalue weighted by Crippen LogP contribution is 2.22. The molecule has 1 aromatic carbocycles. The van der Waals surface area contributed by atoms with Gasteiger partial charge in [-0.15, -0.1) is 0 Å². The second-order valence-electron chi connectivity index (χ2n) is 6.16. The molecule has 0 aliphatic carbocycles. The molecule has 2 rings (SSSR count). The van der Waals surface area contributed by atoms with Crippen molar-refractivity contribution < 1.29 is 9.18 Å². The van der Waals surface area contributed by atoms with E-state index < -0.39 is 5.82 Å². The van der Waals surface area contributed by atoms with E-state index in [-0.39, 0.29) is 11.7 Å². The fraction of sp³-hybridized carbons (Fsp3) is 0.316. The van der Waals surface area contributed by atoms with Crippen LogP contribution in [0.1, 0.15) is 18.9 Å². The molecular weight excluding hydrogens is 347 g/mol. The van der Waals surface area contributed by atoms with Crippen molar-refractivity contribution in [2.45, 2.75) is 13.3 Å². The number of anilines is 1. The van der Waals surface area contributed by atoms with Gasteiger partial charge in [-0.1, -0.05) is 0 Å². The summed E-state index contributed by atoms with van der Waals surface area (Å²) in [6.45, 7) is 2.43. The minimum Gasteiger partial charge on any atom is -0.393 e. The monoisotopic (exact) mass is 372 g/mol. The summed E-state index contributed by atoms with van der Waals surface area (Å²) in [5, 5.41) is 24.7. The maximum atomic E-state index is 14.1. The van der Waals surface area contributed by atoms with Gasteiger partial charge in [0.05, 0.1) is 6.54 Å². The normalized spacial score (nSPS) is 14.7. The Labute approximate surface area is 158 Å². The Balaban J connectivity index is 2.30. The van der Waals surface area contributed by atoms with E-state index in [1.165, 1.54) is 19.1 Å². The van der Waals surface area contributed by atoms with E-state index in [1.54, 1.807) is 31.3 Å². The predicted octanol–water partition coefficient (Wildman–Crippen LogP) is 2.15. The Morgan fingerprint density at radius 3 is 2.63 bits per heavy atom. The van der Waals surface area contributed by atoms with Crippen LogP contribution in [0.2, 0.25) is 0 Å². The summed E-state index contributed by atoms with van der Waals surface area (Å²) >= 11 is 0. The van der Waals surface area contributed by atoms with Crippen molar-refractivity contribution in [1.82, 2.24) is 15.5 Å². The zero-order chi connectivity index (χ0) is 20.0. The van der Waals surface area contributed by atoms with E-state index >= 15 is 0 Å². The largest absolute Gasteiger partial charge is 0.393 e. The van der Waals surface area contributed by atoms with Gasteiger partial charge in [0.1, 0.15) is 11.7 Å². The summed E-state index contributed by atoms with van der Waals surface area (Å²) in [6, 6.07) is 4.31. The van der Waals surface area contributed by atoms with Crippen LogP contribution in [0.15, 0.2) is 35.7 Å². The van der Waals surface area contributed by atoms with Crippen LogP contribution >= 0.6 is 0 Å². The van der Waals surface area contributed by atoms with E-state index in [0.717, 1.165) is 11.9 Å². The predicted molar refractivity (Wildman–Crippen MR) is 107 cm³/mol. The van der Waals surface area contributed by atoms with Gasteiger partial charge < -0.3 is 26.3 Å². The van der Waals surface area contributed by atoms with Crippen molar-refractivity contribution in [3.8, 4) is 0 Å². The molecule has 27 heavy (non-hydrogen) atoms. The molecule has 0 aromatic heterocycles. The van der Waals surface area contributed by atoms with E-state index in [2.05, 4.69) is 16.0 Å². The highest BCUT2D eigenvalue weighted by Gasteiger charge is 2.23. The smallest absolute Gasteiger partial charge is 0.219 e. The van der Waals surface area contributed by atoms with E-state index in [9.17, 15) is 9.18 Å². The third-order valence-corrected chi connectivity index (χ3v) is 4.35. The molecule has 1 aliphatic rings. The standard InChI is InChI=1S/C19H25FN6O/c1-12(27)26-5-4-18(24-3)17(11-26)19(22)25-16-7-13(6-15(20)8-16)14(9-21)10-23-2/h6-10,21,23-24H,4-5,11H2,1-3H3,(H2,22,25)/b14-10+,21-9?. The fourth-order valence-corrected chi connectivity index (χ4v) is 2.95. The molecule has 0 saturated carbocycles. The first-order valence-electron chi connectivity index (χ1n) is 8.59. The molecule has 144 valence electrons. The lowest BCUT2D eigenvalue weighted by molar-refractivity contribution is -0.128. The first-order valence-corrected chi connectivity index (χ1v) is 8.59. The van der Waals surface area contributed by atoms with Crippen LogP contribution in [0.5, 0.6) is 0 Å². The number of halogens is 1. The van der Waals surface area contributed by atoms with Crippen molar-refractivity contribution in [1.29, 1.82) is 10.8 Å². The van der Waals surface area contributed by atoms with Crippen molar-refractivity contribution in [2.75, 3.05) is 32.5 Å². The second kappa shape index (κ2) is 8.98. The highest BCUT2D eigenvalue weighted by atomic mass is 19.1. The van der Waals surface area contributed by atoms with Gasteiger partial charge in [-0.3, -0.25) is 10.2 Å². The van der Waals surface area contributed by atoms with Crippen LogP contribution in [-0.2, 0) is 4.79 Å². The summed E-state index contributed by atoms with van der Waals surface area (Å²) in [5.74, 6) is -0.407. The Bertz CT molecular complexity index is 814. The number of carbonyl (C=O) groups excluding carboxylic acids is 1. The molecule has 1 aromatic rings. The number of nitrogens with zero attached hydrogens (tertiary/aromatic N) is 1. The van der Waals surface area contributed by atoms with E-state index in [0.29, 0.717) is 41.9 Å². The SMILES string of the molecule is CN/C=C(\C=N)c1cc(F)cc(NC(=N)C2=C(NC)CCN(C(C)=O)C2)c1. The number of allylic oxidation sites excluding steroid dienone is 1. The summed E-state index contributed by atoms with van der Waals surface area (Å²) in [5.41, 5.74) is 3.00. The van der Waals surface area contributed by atoms with E-state index in [1.807, 2.05) is 0 Å². The molecule has 7 nitrogen and oxygen atoms in total. The number of amidine groups is 1. The van der Waals surface area contributed by atoms with E-state index in [4.69, 9.17) is 10.8 Å². The lowest BCUT2D eigenvalue weighted by atomic mass is 10.0.